The number of rotatable bonds is 12. The molecule has 0 spiro atoms. The normalized spacial score (nSPS) is 12.3. The zero-order valence-corrected chi connectivity index (χ0v) is 15.7. The highest BCUT2D eigenvalue weighted by Gasteiger charge is 2.08. The summed E-state index contributed by atoms with van der Waals surface area (Å²) in [6.07, 6.45) is 7.89. The first-order valence-electron chi connectivity index (χ1n) is 8.21. The van der Waals surface area contributed by atoms with Gasteiger partial charge in [0.1, 0.15) is 0 Å². The maximum Gasteiger partial charge on any atom is 0.261 e. The number of amides is 1. The molecule has 1 atom stereocenters. The van der Waals surface area contributed by atoms with Crippen LogP contribution in [0.25, 0.3) is 0 Å². The van der Waals surface area contributed by atoms with Gasteiger partial charge in [-0.15, -0.1) is 23.1 Å². The molecule has 0 bridgehead atoms. The monoisotopic (exact) mass is 343 g/mol. The summed E-state index contributed by atoms with van der Waals surface area (Å²) in [5.74, 6) is 0.713. The molecule has 1 unspecified atom stereocenters. The maximum absolute atomic E-state index is 11.9. The van der Waals surface area contributed by atoms with Crippen molar-refractivity contribution in [2.45, 2.75) is 50.2 Å². The van der Waals surface area contributed by atoms with Crippen LogP contribution in [0.4, 0.5) is 0 Å². The van der Waals surface area contributed by atoms with Crippen LogP contribution in [0.3, 0.4) is 0 Å². The van der Waals surface area contributed by atoms with E-state index in [1.54, 1.807) is 23.1 Å². The van der Waals surface area contributed by atoms with Gasteiger partial charge in [0, 0.05) is 19.8 Å². The van der Waals surface area contributed by atoms with Crippen molar-refractivity contribution >= 4 is 29.0 Å². The lowest BCUT2D eigenvalue weighted by molar-refractivity contribution is 0.0877. The van der Waals surface area contributed by atoms with E-state index >= 15 is 0 Å². The molecule has 5 heteroatoms. The Balaban J connectivity index is 2.08. The number of carbonyl (C=O) groups is 1. The molecule has 1 heterocycles. The van der Waals surface area contributed by atoms with Gasteiger partial charge in [0.15, 0.2) is 0 Å². The van der Waals surface area contributed by atoms with Gasteiger partial charge in [0.05, 0.1) is 9.09 Å². The fraction of sp³-hybridized carbons (Fsp3) is 0.706. The molecule has 0 fully saturated rings. The van der Waals surface area contributed by atoms with Crippen molar-refractivity contribution in [2.75, 3.05) is 26.0 Å². The third-order valence-electron chi connectivity index (χ3n) is 3.65. The molecule has 0 saturated carbocycles. The standard InChI is InChI=1S/C17H29NO2S2/c1-4-6-8-14(5-2)13-20-12-7-11-18-17(19)15-9-10-16(21-3)22-15/h9-10,14H,4-8,11-13H2,1-3H3,(H,18,19). The molecule has 22 heavy (non-hydrogen) atoms. The van der Waals surface area contributed by atoms with Gasteiger partial charge in [-0.3, -0.25) is 4.79 Å². The molecule has 0 aliphatic rings. The average molecular weight is 344 g/mol. The van der Waals surface area contributed by atoms with E-state index < -0.39 is 0 Å². The van der Waals surface area contributed by atoms with Crippen LogP contribution in [0.2, 0.25) is 0 Å². The van der Waals surface area contributed by atoms with Gasteiger partial charge < -0.3 is 10.1 Å². The van der Waals surface area contributed by atoms with Gasteiger partial charge in [0.2, 0.25) is 0 Å². The van der Waals surface area contributed by atoms with Crippen molar-refractivity contribution in [3.8, 4) is 0 Å². The van der Waals surface area contributed by atoms with E-state index in [9.17, 15) is 4.79 Å². The predicted octanol–water partition coefficient (Wildman–Crippen LogP) is 4.82. The minimum absolute atomic E-state index is 0.0275. The Kier molecular flexibility index (Phi) is 10.6. The van der Waals surface area contributed by atoms with Crippen molar-refractivity contribution in [2.24, 2.45) is 5.92 Å². The van der Waals surface area contributed by atoms with E-state index in [4.69, 9.17) is 4.74 Å². The third kappa shape index (κ3) is 7.65. The molecule has 0 aliphatic heterocycles. The predicted molar refractivity (Wildman–Crippen MR) is 97.2 cm³/mol. The van der Waals surface area contributed by atoms with Crippen LogP contribution in [0.15, 0.2) is 16.3 Å². The third-order valence-corrected chi connectivity index (χ3v) is 5.82. The number of hydrogen-bond acceptors (Lipinski definition) is 4. The van der Waals surface area contributed by atoms with Crippen LogP contribution in [0.1, 0.15) is 55.6 Å². The lowest BCUT2D eigenvalue weighted by atomic mass is 10.0. The van der Waals surface area contributed by atoms with Crippen LogP contribution in [0, 0.1) is 5.92 Å². The van der Waals surface area contributed by atoms with Crippen molar-refractivity contribution < 1.29 is 9.53 Å². The Morgan fingerprint density at radius 2 is 2.18 bits per heavy atom. The second-order valence-electron chi connectivity index (χ2n) is 5.42. The van der Waals surface area contributed by atoms with Crippen LogP contribution in [-0.2, 0) is 4.74 Å². The second-order valence-corrected chi connectivity index (χ2v) is 7.61. The Labute approximate surface area is 143 Å². The average Bonchev–Trinajstić information content (AvgIpc) is 3.02. The van der Waals surface area contributed by atoms with E-state index in [-0.39, 0.29) is 5.91 Å². The molecular formula is C17H29NO2S2. The molecule has 0 aliphatic carbocycles. The summed E-state index contributed by atoms with van der Waals surface area (Å²) < 4.78 is 6.91. The summed E-state index contributed by atoms with van der Waals surface area (Å²) in [5.41, 5.74) is 0. The van der Waals surface area contributed by atoms with Crippen molar-refractivity contribution in [3.05, 3.63) is 17.0 Å². The first kappa shape index (κ1) is 19.5. The Morgan fingerprint density at radius 1 is 1.36 bits per heavy atom. The highest BCUT2D eigenvalue weighted by Crippen LogP contribution is 2.24. The lowest BCUT2D eigenvalue weighted by Gasteiger charge is -2.14. The minimum Gasteiger partial charge on any atom is -0.381 e. The largest absolute Gasteiger partial charge is 0.381 e. The Hall–Kier alpha value is -0.520. The fourth-order valence-electron chi connectivity index (χ4n) is 2.16. The minimum atomic E-state index is 0.0275. The quantitative estimate of drug-likeness (QED) is 0.437. The maximum atomic E-state index is 11.9. The van der Waals surface area contributed by atoms with Gasteiger partial charge in [-0.25, -0.2) is 0 Å². The van der Waals surface area contributed by atoms with E-state index in [2.05, 4.69) is 19.2 Å². The molecule has 0 saturated heterocycles. The molecule has 126 valence electrons. The molecule has 1 N–H and O–H groups in total. The van der Waals surface area contributed by atoms with Crippen LogP contribution in [-0.4, -0.2) is 31.9 Å². The number of thiophene rings is 1. The van der Waals surface area contributed by atoms with Gasteiger partial charge in [-0.2, -0.15) is 0 Å². The van der Waals surface area contributed by atoms with E-state index in [1.807, 2.05) is 18.4 Å². The second kappa shape index (κ2) is 12.0. The number of thioether (sulfide) groups is 1. The zero-order chi connectivity index (χ0) is 16.2. The molecule has 1 aromatic rings. The van der Waals surface area contributed by atoms with Crippen molar-refractivity contribution in [1.82, 2.24) is 5.32 Å². The lowest BCUT2D eigenvalue weighted by Crippen LogP contribution is -2.24. The van der Waals surface area contributed by atoms with Crippen molar-refractivity contribution in [3.63, 3.8) is 0 Å². The van der Waals surface area contributed by atoms with Gasteiger partial charge >= 0.3 is 0 Å². The van der Waals surface area contributed by atoms with Gasteiger partial charge in [-0.1, -0.05) is 33.1 Å². The number of nitrogens with one attached hydrogen (secondary N) is 1. The Morgan fingerprint density at radius 3 is 2.82 bits per heavy atom. The zero-order valence-electron chi connectivity index (χ0n) is 14.0. The molecule has 1 aromatic heterocycles. The van der Waals surface area contributed by atoms with Crippen LogP contribution in [0.5, 0.6) is 0 Å². The number of ether oxygens (including phenoxy) is 1. The number of carbonyl (C=O) groups excluding carboxylic acids is 1. The summed E-state index contributed by atoms with van der Waals surface area (Å²) in [6, 6.07) is 3.89. The van der Waals surface area contributed by atoms with E-state index in [0.29, 0.717) is 12.5 Å². The molecule has 1 rings (SSSR count). The first-order chi connectivity index (χ1) is 10.7. The summed E-state index contributed by atoms with van der Waals surface area (Å²) in [5, 5.41) is 2.95. The molecule has 0 aromatic carbocycles. The van der Waals surface area contributed by atoms with E-state index in [0.717, 1.165) is 24.5 Å². The molecular weight excluding hydrogens is 314 g/mol. The van der Waals surface area contributed by atoms with Gasteiger partial charge in [0.25, 0.3) is 5.91 Å². The smallest absolute Gasteiger partial charge is 0.261 e. The summed E-state index contributed by atoms with van der Waals surface area (Å²) >= 11 is 3.21. The number of unbranched alkanes of at least 4 members (excludes halogenated alkanes) is 1. The number of hydrogen-bond donors (Lipinski definition) is 1. The summed E-state index contributed by atoms with van der Waals surface area (Å²) in [7, 11) is 0. The van der Waals surface area contributed by atoms with Crippen molar-refractivity contribution in [1.29, 1.82) is 0 Å². The van der Waals surface area contributed by atoms with Crippen LogP contribution >= 0.6 is 23.1 Å². The first-order valence-corrected chi connectivity index (χ1v) is 10.2. The fourth-order valence-corrected chi connectivity index (χ4v) is 3.62. The molecule has 0 radical (unpaired) electrons. The highest BCUT2D eigenvalue weighted by molar-refractivity contribution is 8.00. The summed E-state index contributed by atoms with van der Waals surface area (Å²) in [4.78, 5) is 12.7. The SMILES string of the molecule is CCCCC(CC)COCCCNC(=O)c1ccc(SC)s1. The van der Waals surface area contributed by atoms with Gasteiger partial charge in [-0.05, 0) is 37.1 Å². The molecule has 1 amide bonds. The van der Waals surface area contributed by atoms with Crippen LogP contribution < -0.4 is 5.32 Å². The summed E-state index contributed by atoms with van der Waals surface area (Å²) in [6.45, 7) is 6.72. The molecule has 3 nitrogen and oxygen atoms in total. The van der Waals surface area contributed by atoms with E-state index in [1.165, 1.54) is 29.9 Å². The topological polar surface area (TPSA) is 38.3 Å². The highest BCUT2D eigenvalue weighted by atomic mass is 32.2. The Bertz CT molecular complexity index is 421.